The third-order valence-corrected chi connectivity index (χ3v) is 4.14. The van der Waals surface area contributed by atoms with Gasteiger partial charge in [-0.25, -0.2) is 0 Å². The van der Waals surface area contributed by atoms with Crippen molar-refractivity contribution in [3.05, 3.63) is 0 Å². The molecule has 0 saturated heterocycles. The number of carbonyl (C=O) groups excluding carboxylic acids is 3. The molecular formula is C20H40N4O7. The molecule has 0 fully saturated rings. The van der Waals surface area contributed by atoms with Gasteiger partial charge in [-0.15, -0.1) is 0 Å². The number of rotatable bonds is 20. The molecule has 2 atom stereocenters. The molecule has 3 amide bonds. The van der Waals surface area contributed by atoms with E-state index in [1.54, 1.807) is 13.8 Å². The molecule has 2 unspecified atom stereocenters. The van der Waals surface area contributed by atoms with Crippen LogP contribution >= 0.6 is 0 Å². The Kier molecular flexibility index (Phi) is 17.8. The highest BCUT2D eigenvalue weighted by molar-refractivity contribution is 5.91. The molecule has 11 nitrogen and oxygen atoms in total. The van der Waals surface area contributed by atoms with E-state index in [1.165, 1.54) is 6.92 Å². The van der Waals surface area contributed by atoms with Crippen LogP contribution in [0.2, 0.25) is 0 Å². The molecule has 0 aliphatic carbocycles. The Morgan fingerprint density at radius 3 is 1.71 bits per heavy atom. The van der Waals surface area contributed by atoms with Crippen molar-refractivity contribution in [2.45, 2.75) is 39.3 Å². The summed E-state index contributed by atoms with van der Waals surface area (Å²) < 4.78 is 21.4. The van der Waals surface area contributed by atoms with Crippen LogP contribution in [0.3, 0.4) is 0 Å². The first-order valence-corrected chi connectivity index (χ1v) is 10.6. The number of ether oxygens (including phenoxy) is 4. The van der Waals surface area contributed by atoms with Gasteiger partial charge in [-0.1, -0.05) is 13.8 Å². The third-order valence-electron chi connectivity index (χ3n) is 4.14. The maximum atomic E-state index is 12.2. The summed E-state index contributed by atoms with van der Waals surface area (Å²) in [6, 6.07) is -1.57. The Morgan fingerprint density at radius 1 is 0.774 bits per heavy atom. The quantitative estimate of drug-likeness (QED) is 0.170. The number of likely N-dealkylation sites (N-methyl/N-ethyl adjacent to an activating group) is 1. The Hall–Kier alpha value is -1.79. The molecule has 0 bridgehead atoms. The lowest BCUT2D eigenvalue weighted by Gasteiger charge is -2.23. The molecule has 0 heterocycles. The Labute approximate surface area is 185 Å². The minimum absolute atomic E-state index is 0.110. The van der Waals surface area contributed by atoms with Crippen molar-refractivity contribution < 1.29 is 33.3 Å². The van der Waals surface area contributed by atoms with E-state index in [9.17, 15) is 14.4 Å². The molecule has 0 aromatic rings. The summed E-state index contributed by atoms with van der Waals surface area (Å²) in [5, 5.41) is 8.14. The van der Waals surface area contributed by atoms with Gasteiger partial charge in [-0.05, 0) is 19.9 Å². The fraction of sp³-hybridized carbons (Fsp3) is 0.850. The molecular weight excluding hydrogens is 408 g/mol. The van der Waals surface area contributed by atoms with Gasteiger partial charge in [0.2, 0.25) is 17.7 Å². The normalized spacial score (nSPS) is 13.1. The fourth-order valence-electron chi connectivity index (χ4n) is 2.26. The van der Waals surface area contributed by atoms with Crippen molar-refractivity contribution in [3.8, 4) is 0 Å². The standard InChI is InChI=1S/C20H40N4O7/c1-15(2)18(20(27)23-16(3)19(21)26)24-17(25)5-7-28-9-11-30-13-14-31-12-10-29-8-6-22-4/h15-16,18,22H,5-14H2,1-4H3,(H2,21,26)(H,23,27)(H,24,25). The molecule has 5 N–H and O–H groups in total. The monoisotopic (exact) mass is 448 g/mol. The average molecular weight is 449 g/mol. The number of carbonyl (C=O) groups is 3. The zero-order chi connectivity index (χ0) is 23.5. The maximum Gasteiger partial charge on any atom is 0.243 e. The number of primary amides is 1. The van der Waals surface area contributed by atoms with Gasteiger partial charge in [0, 0.05) is 13.0 Å². The lowest BCUT2D eigenvalue weighted by Crippen LogP contribution is -2.54. The molecule has 0 spiro atoms. The summed E-state index contributed by atoms with van der Waals surface area (Å²) in [4.78, 5) is 35.4. The van der Waals surface area contributed by atoms with Crippen LogP contribution in [-0.2, 0) is 33.3 Å². The molecule has 182 valence electrons. The largest absolute Gasteiger partial charge is 0.379 e. The second-order valence-electron chi connectivity index (χ2n) is 7.22. The lowest BCUT2D eigenvalue weighted by atomic mass is 10.0. The molecule has 31 heavy (non-hydrogen) atoms. The van der Waals surface area contributed by atoms with E-state index in [-0.39, 0.29) is 24.9 Å². The number of amides is 3. The summed E-state index contributed by atoms with van der Waals surface area (Å²) in [5.41, 5.74) is 5.15. The van der Waals surface area contributed by atoms with Crippen LogP contribution in [0.4, 0.5) is 0 Å². The summed E-state index contributed by atoms with van der Waals surface area (Å²) in [7, 11) is 1.87. The topological polar surface area (TPSA) is 150 Å². The SMILES string of the molecule is CNCCOCCOCCOCCOCCC(=O)NC(C(=O)NC(C)C(N)=O)C(C)C. The van der Waals surface area contributed by atoms with Crippen molar-refractivity contribution in [1.29, 1.82) is 0 Å². The van der Waals surface area contributed by atoms with Crippen LogP contribution in [-0.4, -0.2) is 96.3 Å². The summed E-state index contributed by atoms with van der Waals surface area (Å²) >= 11 is 0. The summed E-state index contributed by atoms with van der Waals surface area (Å²) in [6.07, 6.45) is 0.110. The second-order valence-corrected chi connectivity index (χ2v) is 7.22. The van der Waals surface area contributed by atoms with E-state index in [4.69, 9.17) is 24.7 Å². The van der Waals surface area contributed by atoms with Crippen LogP contribution in [0.15, 0.2) is 0 Å². The highest BCUT2D eigenvalue weighted by atomic mass is 16.6. The van der Waals surface area contributed by atoms with Gasteiger partial charge >= 0.3 is 0 Å². The van der Waals surface area contributed by atoms with E-state index < -0.39 is 23.9 Å². The van der Waals surface area contributed by atoms with Gasteiger partial charge in [-0.2, -0.15) is 0 Å². The number of hydrogen-bond donors (Lipinski definition) is 4. The smallest absolute Gasteiger partial charge is 0.243 e. The fourth-order valence-corrected chi connectivity index (χ4v) is 2.26. The molecule has 0 aromatic carbocycles. The summed E-state index contributed by atoms with van der Waals surface area (Å²) in [5.74, 6) is -1.55. The first-order chi connectivity index (χ1) is 14.8. The number of hydrogen-bond acceptors (Lipinski definition) is 8. The minimum Gasteiger partial charge on any atom is -0.379 e. The molecule has 0 aliphatic heterocycles. The molecule has 0 saturated carbocycles. The maximum absolute atomic E-state index is 12.2. The zero-order valence-electron chi connectivity index (χ0n) is 19.2. The van der Waals surface area contributed by atoms with E-state index in [0.29, 0.717) is 46.2 Å². The predicted octanol–water partition coefficient (Wildman–Crippen LogP) is -1.21. The van der Waals surface area contributed by atoms with Gasteiger partial charge in [0.15, 0.2) is 0 Å². The van der Waals surface area contributed by atoms with Gasteiger partial charge in [0.25, 0.3) is 0 Å². The van der Waals surface area contributed by atoms with Crippen molar-refractivity contribution >= 4 is 17.7 Å². The van der Waals surface area contributed by atoms with Gasteiger partial charge in [0.05, 0.1) is 52.9 Å². The predicted molar refractivity (Wildman–Crippen MR) is 115 cm³/mol. The lowest BCUT2D eigenvalue weighted by molar-refractivity contribution is -0.132. The average Bonchev–Trinajstić information content (AvgIpc) is 2.71. The molecule has 0 rings (SSSR count). The van der Waals surface area contributed by atoms with Crippen molar-refractivity contribution in [1.82, 2.24) is 16.0 Å². The first kappa shape index (κ1) is 29.2. The van der Waals surface area contributed by atoms with Crippen molar-refractivity contribution in [2.24, 2.45) is 11.7 Å². The van der Waals surface area contributed by atoms with E-state index >= 15 is 0 Å². The van der Waals surface area contributed by atoms with Crippen molar-refractivity contribution in [2.75, 3.05) is 66.4 Å². The first-order valence-electron chi connectivity index (χ1n) is 10.6. The highest BCUT2D eigenvalue weighted by Gasteiger charge is 2.26. The van der Waals surface area contributed by atoms with Crippen LogP contribution in [0.1, 0.15) is 27.2 Å². The van der Waals surface area contributed by atoms with Crippen LogP contribution in [0.5, 0.6) is 0 Å². The minimum atomic E-state index is -0.809. The molecule has 0 aromatic heterocycles. The summed E-state index contributed by atoms with van der Waals surface area (Å²) in [6.45, 7) is 9.52. The Balaban J connectivity index is 3.75. The van der Waals surface area contributed by atoms with Gasteiger partial charge < -0.3 is 40.6 Å². The Bertz CT molecular complexity index is 506. The molecule has 11 heteroatoms. The molecule has 0 radical (unpaired) electrons. The highest BCUT2D eigenvalue weighted by Crippen LogP contribution is 2.03. The van der Waals surface area contributed by atoms with Crippen molar-refractivity contribution in [3.63, 3.8) is 0 Å². The number of nitrogens with one attached hydrogen (secondary N) is 3. The van der Waals surface area contributed by atoms with Crippen LogP contribution in [0, 0.1) is 5.92 Å². The molecule has 0 aliphatic rings. The second kappa shape index (κ2) is 18.9. The van der Waals surface area contributed by atoms with E-state index in [0.717, 1.165) is 6.54 Å². The third kappa shape index (κ3) is 16.6. The van der Waals surface area contributed by atoms with Crippen LogP contribution < -0.4 is 21.7 Å². The van der Waals surface area contributed by atoms with Crippen LogP contribution in [0.25, 0.3) is 0 Å². The van der Waals surface area contributed by atoms with E-state index in [1.807, 2.05) is 7.05 Å². The van der Waals surface area contributed by atoms with E-state index in [2.05, 4.69) is 16.0 Å². The Morgan fingerprint density at radius 2 is 1.26 bits per heavy atom. The van der Waals surface area contributed by atoms with Gasteiger partial charge in [-0.3, -0.25) is 14.4 Å². The van der Waals surface area contributed by atoms with Gasteiger partial charge in [0.1, 0.15) is 12.1 Å². The zero-order valence-corrected chi connectivity index (χ0v) is 19.2. The number of nitrogens with two attached hydrogens (primary N) is 1.